The molecule has 202 valence electrons. The first kappa shape index (κ1) is 30.2. The molecule has 1 aliphatic heterocycles. The number of piperidine rings is 1. The van der Waals surface area contributed by atoms with Gasteiger partial charge in [0.05, 0.1) is 18.0 Å². The van der Waals surface area contributed by atoms with Crippen LogP contribution in [0.4, 0.5) is 5.13 Å². The number of hydrogen-bond donors (Lipinski definition) is 5. The molecule has 0 saturated carbocycles. The van der Waals surface area contributed by atoms with E-state index in [4.69, 9.17) is 9.81 Å². The van der Waals surface area contributed by atoms with E-state index in [1.807, 2.05) is 37.4 Å². The van der Waals surface area contributed by atoms with Crippen LogP contribution in [0.2, 0.25) is 0 Å². The van der Waals surface area contributed by atoms with Gasteiger partial charge in [0.25, 0.3) is 16.0 Å². The van der Waals surface area contributed by atoms with Crippen molar-refractivity contribution in [3.05, 3.63) is 35.2 Å². The molecular formula is C24H34N6O5S2. The van der Waals surface area contributed by atoms with Gasteiger partial charge >= 0.3 is 0 Å². The van der Waals surface area contributed by atoms with Crippen LogP contribution in [0.3, 0.4) is 0 Å². The van der Waals surface area contributed by atoms with E-state index in [1.165, 1.54) is 0 Å². The number of nitriles is 1. The first-order valence-corrected chi connectivity index (χ1v) is 14.6. The molecule has 13 heteroatoms. The molecule has 1 aromatic heterocycles. The monoisotopic (exact) mass is 550 g/mol. The number of rotatable bonds is 9. The second kappa shape index (κ2) is 14.6. The molecule has 1 atom stereocenters. The van der Waals surface area contributed by atoms with E-state index in [-0.39, 0.29) is 24.3 Å². The van der Waals surface area contributed by atoms with E-state index in [2.05, 4.69) is 26.3 Å². The summed E-state index contributed by atoms with van der Waals surface area (Å²) in [6, 6.07) is 8.86. The SMILES string of the molecule is CC(C)C[C@H](NC(=O)c1ccc(-c2csc(NC3CCNCC3)n2)cc1)C(=O)NCC#N.CS(=O)(=O)O. The normalized spacial score (nSPS) is 14.6. The lowest BCUT2D eigenvalue weighted by Crippen LogP contribution is -2.47. The number of aromatic nitrogens is 1. The predicted molar refractivity (Wildman–Crippen MR) is 144 cm³/mol. The van der Waals surface area contributed by atoms with Gasteiger partial charge in [-0.05, 0) is 50.4 Å². The van der Waals surface area contributed by atoms with Crippen LogP contribution in [0.15, 0.2) is 29.6 Å². The average Bonchev–Trinajstić information content (AvgIpc) is 3.30. The molecule has 37 heavy (non-hydrogen) atoms. The molecule has 2 amide bonds. The summed E-state index contributed by atoms with van der Waals surface area (Å²) >= 11 is 1.58. The van der Waals surface area contributed by atoms with Crippen LogP contribution in [0, 0.1) is 17.2 Å². The van der Waals surface area contributed by atoms with E-state index in [9.17, 15) is 18.0 Å². The predicted octanol–water partition coefficient (Wildman–Crippen LogP) is 2.26. The number of carbonyl (C=O) groups is 2. The Balaban J connectivity index is 0.000000877. The molecule has 0 spiro atoms. The summed E-state index contributed by atoms with van der Waals surface area (Å²) in [5.41, 5.74) is 2.27. The number of benzene rings is 1. The fourth-order valence-electron chi connectivity index (χ4n) is 3.60. The number of anilines is 1. The van der Waals surface area contributed by atoms with Gasteiger partial charge in [-0.2, -0.15) is 13.7 Å². The van der Waals surface area contributed by atoms with Gasteiger partial charge in [-0.3, -0.25) is 14.1 Å². The third-order valence-corrected chi connectivity index (χ3v) is 6.06. The summed E-state index contributed by atoms with van der Waals surface area (Å²) in [6.45, 7) is 5.93. The Morgan fingerprint density at radius 2 is 1.86 bits per heavy atom. The molecule has 2 heterocycles. The number of nitrogens with zero attached hydrogens (tertiary/aromatic N) is 2. The average molecular weight is 551 g/mol. The summed E-state index contributed by atoms with van der Waals surface area (Å²) in [5.74, 6) is -0.449. The van der Waals surface area contributed by atoms with Crippen LogP contribution < -0.4 is 21.3 Å². The van der Waals surface area contributed by atoms with Crippen molar-refractivity contribution in [2.24, 2.45) is 5.92 Å². The van der Waals surface area contributed by atoms with Crippen LogP contribution in [0.25, 0.3) is 11.3 Å². The highest BCUT2D eigenvalue weighted by Gasteiger charge is 2.22. The van der Waals surface area contributed by atoms with Crippen molar-refractivity contribution in [1.82, 2.24) is 20.9 Å². The van der Waals surface area contributed by atoms with Crippen molar-refractivity contribution < 1.29 is 22.6 Å². The van der Waals surface area contributed by atoms with Gasteiger partial charge in [-0.15, -0.1) is 11.3 Å². The zero-order valence-corrected chi connectivity index (χ0v) is 22.8. The maximum absolute atomic E-state index is 12.7. The molecule has 3 rings (SSSR count). The summed E-state index contributed by atoms with van der Waals surface area (Å²) in [5, 5.41) is 23.8. The van der Waals surface area contributed by atoms with E-state index in [0.29, 0.717) is 24.3 Å². The van der Waals surface area contributed by atoms with Crippen LogP contribution in [0.5, 0.6) is 0 Å². The summed E-state index contributed by atoms with van der Waals surface area (Å²) in [6.07, 6.45) is 3.38. The molecule has 0 unspecified atom stereocenters. The fraction of sp³-hybridized carbons (Fsp3) is 0.500. The lowest BCUT2D eigenvalue weighted by Gasteiger charge is -2.23. The van der Waals surface area contributed by atoms with Crippen LogP contribution in [-0.2, 0) is 14.9 Å². The summed E-state index contributed by atoms with van der Waals surface area (Å²) < 4.78 is 25.9. The third-order valence-electron chi connectivity index (χ3n) is 5.28. The van der Waals surface area contributed by atoms with Crippen molar-refractivity contribution in [1.29, 1.82) is 5.26 Å². The Hall–Kier alpha value is -3.05. The van der Waals surface area contributed by atoms with Gasteiger partial charge in [0, 0.05) is 22.5 Å². The van der Waals surface area contributed by atoms with Crippen molar-refractivity contribution >= 4 is 38.4 Å². The molecule has 1 aromatic carbocycles. The number of nitrogens with one attached hydrogen (secondary N) is 4. The number of amides is 2. The first-order chi connectivity index (χ1) is 17.5. The van der Waals surface area contributed by atoms with Crippen molar-refractivity contribution in [3.63, 3.8) is 0 Å². The highest BCUT2D eigenvalue weighted by molar-refractivity contribution is 7.85. The topological polar surface area (TPSA) is 173 Å². The van der Waals surface area contributed by atoms with E-state index < -0.39 is 16.2 Å². The minimum absolute atomic E-state index is 0.0832. The minimum atomic E-state index is -3.67. The highest BCUT2D eigenvalue weighted by atomic mass is 32.2. The van der Waals surface area contributed by atoms with Gasteiger partial charge in [-0.25, -0.2) is 4.98 Å². The van der Waals surface area contributed by atoms with Crippen LogP contribution in [-0.4, -0.2) is 67.7 Å². The molecule has 1 saturated heterocycles. The van der Waals surface area contributed by atoms with Crippen molar-refractivity contribution in [2.45, 2.75) is 45.2 Å². The third kappa shape index (κ3) is 11.7. The van der Waals surface area contributed by atoms with Gasteiger partial charge in [-0.1, -0.05) is 26.0 Å². The maximum Gasteiger partial charge on any atom is 0.261 e. The molecule has 2 aromatic rings. The zero-order chi connectivity index (χ0) is 27.4. The van der Waals surface area contributed by atoms with E-state index in [1.54, 1.807) is 23.5 Å². The lowest BCUT2D eigenvalue weighted by atomic mass is 10.0. The number of thiazole rings is 1. The molecule has 1 aliphatic rings. The largest absolute Gasteiger partial charge is 0.359 e. The first-order valence-electron chi connectivity index (χ1n) is 11.9. The van der Waals surface area contributed by atoms with Gasteiger partial charge < -0.3 is 21.3 Å². The molecule has 11 nitrogen and oxygen atoms in total. The van der Waals surface area contributed by atoms with E-state index >= 15 is 0 Å². The minimum Gasteiger partial charge on any atom is -0.359 e. The number of carbonyl (C=O) groups excluding carboxylic acids is 2. The van der Waals surface area contributed by atoms with Gasteiger partial charge in [0.2, 0.25) is 5.91 Å². The van der Waals surface area contributed by atoms with Crippen molar-refractivity contribution in [3.8, 4) is 17.3 Å². The second-order valence-electron chi connectivity index (χ2n) is 9.05. The van der Waals surface area contributed by atoms with Crippen molar-refractivity contribution in [2.75, 3.05) is 31.2 Å². The molecule has 0 bridgehead atoms. The quantitative estimate of drug-likeness (QED) is 0.232. The molecule has 5 N–H and O–H groups in total. The highest BCUT2D eigenvalue weighted by Crippen LogP contribution is 2.26. The Kier molecular flexibility index (Phi) is 11.9. The Labute approximate surface area is 221 Å². The standard InChI is InChI=1S/C23H30N6O2S.CH4O3S/c1-15(2)13-19(22(31)26-12-9-24)28-21(30)17-5-3-16(4-6-17)20-14-32-23(29-20)27-18-7-10-25-11-8-18;1-5(2,3)4/h3-6,14-15,18-19,25H,7-8,10-13H2,1-2H3,(H,26,31)(H,27,29)(H,28,30);1H3,(H,2,3,4)/t19-;/m0./s1. The van der Waals surface area contributed by atoms with Gasteiger partial charge in [0.15, 0.2) is 5.13 Å². The van der Waals surface area contributed by atoms with Crippen LogP contribution in [0.1, 0.15) is 43.5 Å². The molecule has 0 radical (unpaired) electrons. The molecule has 1 fully saturated rings. The maximum atomic E-state index is 12.7. The zero-order valence-electron chi connectivity index (χ0n) is 21.2. The second-order valence-corrected chi connectivity index (χ2v) is 11.4. The smallest absolute Gasteiger partial charge is 0.261 e. The Bertz CT molecular complexity index is 1160. The lowest BCUT2D eigenvalue weighted by molar-refractivity contribution is -0.123. The van der Waals surface area contributed by atoms with E-state index in [0.717, 1.165) is 42.3 Å². The fourth-order valence-corrected chi connectivity index (χ4v) is 4.40. The summed E-state index contributed by atoms with van der Waals surface area (Å²) in [7, 11) is -3.67. The molecular weight excluding hydrogens is 516 g/mol. The summed E-state index contributed by atoms with van der Waals surface area (Å²) in [4.78, 5) is 29.7. The Morgan fingerprint density at radius 1 is 1.24 bits per heavy atom. The molecule has 0 aliphatic carbocycles. The Morgan fingerprint density at radius 3 is 2.43 bits per heavy atom. The van der Waals surface area contributed by atoms with Gasteiger partial charge in [0.1, 0.15) is 12.6 Å². The van der Waals surface area contributed by atoms with Crippen LogP contribution >= 0.6 is 11.3 Å². The number of hydrogen-bond acceptors (Lipinski definition) is 9.